The third-order valence-corrected chi connectivity index (χ3v) is 6.92. The summed E-state index contributed by atoms with van der Waals surface area (Å²) < 4.78 is 47.1. The van der Waals surface area contributed by atoms with Crippen LogP contribution in [0.1, 0.15) is 11.3 Å². The summed E-state index contributed by atoms with van der Waals surface area (Å²) >= 11 is 1.36. The number of anilines is 2. The average Bonchev–Trinajstić information content (AvgIpc) is 3.43. The van der Waals surface area contributed by atoms with Crippen molar-refractivity contribution >= 4 is 38.6 Å². The first-order chi connectivity index (χ1) is 15.3. The molecule has 1 amide bonds. The van der Waals surface area contributed by atoms with Crippen LogP contribution in [0.2, 0.25) is 0 Å². The van der Waals surface area contributed by atoms with Crippen molar-refractivity contribution in [2.24, 2.45) is 0 Å². The number of nitrogens with zero attached hydrogens (tertiary/aromatic N) is 1. The molecule has 4 rings (SSSR count). The second kappa shape index (κ2) is 8.93. The molecule has 2 aromatic heterocycles. The van der Waals surface area contributed by atoms with E-state index in [4.69, 9.17) is 4.42 Å². The number of hydrogen-bond acceptors (Lipinski definition) is 6. The van der Waals surface area contributed by atoms with Crippen LogP contribution in [-0.4, -0.2) is 19.3 Å². The van der Waals surface area contributed by atoms with Crippen molar-refractivity contribution in [1.29, 1.82) is 0 Å². The van der Waals surface area contributed by atoms with Crippen LogP contribution in [0, 0.1) is 12.7 Å². The van der Waals surface area contributed by atoms with E-state index < -0.39 is 15.8 Å². The van der Waals surface area contributed by atoms with Gasteiger partial charge in [0.05, 0.1) is 29.0 Å². The molecule has 0 atom stereocenters. The third-order valence-electron chi connectivity index (χ3n) is 4.50. The van der Waals surface area contributed by atoms with Crippen LogP contribution in [0.3, 0.4) is 0 Å². The summed E-state index contributed by atoms with van der Waals surface area (Å²) in [7, 11) is -4.07. The highest BCUT2D eigenvalue weighted by Crippen LogP contribution is 2.26. The number of aromatic nitrogens is 1. The SMILES string of the molecule is Cc1ccc(NC(=O)Cc2csc(-c3ccco3)n2)cc1S(=O)(=O)Nc1ccccc1F. The maximum atomic E-state index is 13.9. The lowest BCUT2D eigenvalue weighted by Gasteiger charge is -2.13. The number of carbonyl (C=O) groups excluding carboxylic acids is 1. The highest BCUT2D eigenvalue weighted by Gasteiger charge is 2.20. The molecule has 2 N–H and O–H groups in total. The van der Waals surface area contributed by atoms with Crippen molar-refractivity contribution in [1.82, 2.24) is 4.98 Å². The number of hydrogen-bond donors (Lipinski definition) is 2. The summed E-state index contributed by atoms with van der Waals surface area (Å²) in [5.41, 5.74) is 1.17. The maximum absolute atomic E-state index is 13.9. The van der Waals surface area contributed by atoms with Gasteiger partial charge in [-0.1, -0.05) is 18.2 Å². The highest BCUT2D eigenvalue weighted by molar-refractivity contribution is 7.92. The van der Waals surface area contributed by atoms with Crippen LogP contribution < -0.4 is 10.0 Å². The number of amides is 1. The number of furan rings is 1. The smallest absolute Gasteiger partial charge is 0.262 e. The lowest BCUT2D eigenvalue weighted by Crippen LogP contribution is -2.17. The predicted octanol–water partition coefficient (Wildman–Crippen LogP) is 4.83. The van der Waals surface area contributed by atoms with Gasteiger partial charge < -0.3 is 9.73 Å². The Balaban J connectivity index is 1.49. The molecule has 2 aromatic carbocycles. The molecule has 2 heterocycles. The molecule has 0 radical (unpaired) electrons. The van der Waals surface area contributed by atoms with Gasteiger partial charge in [-0.05, 0) is 48.9 Å². The van der Waals surface area contributed by atoms with E-state index in [2.05, 4.69) is 15.0 Å². The predicted molar refractivity (Wildman–Crippen MR) is 121 cm³/mol. The Hall–Kier alpha value is -3.50. The van der Waals surface area contributed by atoms with E-state index in [9.17, 15) is 17.6 Å². The number of carbonyl (C=O) groups is 1. The van der Waals surface area contributed by atoms with Crippen molar-refractivity contribution in [3.05, 3.63) is 83.3 Å². The van der Waals surface area contributed by atoms with E-state index >= 15 is 0 Å². The molecule has 0 aliphatic heterocycles. The summed E-state index contributed by atoms with van der Waals surface area (Å²) in [6, 6.07) is 13.5. The molecular formula is C22H18FN3O4S2. The molecule has 0 fully saturated rings. The zero-order chi connectivity index (χ0) is 22.7. The van der Waals surface area contributed by atoms with Gasteiger partial charge in [-0.25, -0.2) is 17.8 Å². The first-order valence-electron chi connectivity index (χ1n) is 9.48. The third kappa shape index (κ3) is 4.87. The second-order valence-electron chi connectivity index (χ2n) is 6.91. The van der Waals surface area contributed by atoms with Crippen molar-refractivity contribution in [3.8, 4) is 10.8 Å². The Bertz CT molecular complexity index is 1370. The fourth-order valence-corrected chi connectivity index (χ4v) is 5.11. The van der Waals surface area contributed by atoms with Gasteiger partial charge in [-0.3, -0.25) is 9.52 Å². The quantitative estimate of drug-likeness (QED) is 0.402. The van der Waals surface area contributed by atoms with E-state index in [0.29, 0.717) is 27.7 Å². The van der Waals surface area contributed by atoms with Gasteiger partial charge in [0.25, 0.3) is 10.0 Å². The average molecular weight is 472 g/mol. The molecule has 0 aliphatic rings. The number of para-hydroxylation sites is 1. The summed E-state index contributed by atoms with van der Waals surface area (Å²) in [5.74, 6) is -0.414. The largest absolute Gasteiger partial charge is 0.462 e. The first kappa shape index (κ1) is 21.7. The number of nitrogens with one attached hydrogen (secondary N) is 2. The van der Waals surface area contributed by atoms with E-state index in [1.165, 1.54) is 35.6 Å². The number of thiazole rings is 1. The van der Waals surface area contributed by atoms with Gasteiger partial charge in [-0.15, -0.1) is 11.3 Å². The number of benzene rings is 2. The highest BCUT2D eigenvalue weighted by atomic mass is 32.2. The fourth-order valence-electron chi connectivity index (χ4n) is 2.98. The normalized spacial score (nSPS) is 11.3. The topological polar surface area (TPSA) is 101 Å². The van der Waals surface area contributed by atoms with Crippen molar-refractivity contribution in [2.45, 2.75) is 18.2 Å². The summed E-state index contributed by atoms with van der Waals surface area (Å²) in [6.45, 7) is 1.62. The van der Waals surface area contributed by atoms with Gasteiger partial charge in [-0.2, -0.15) is 0 Å². The lowest BCUT2D eigenvalue weighted by atomic mass is 10.2. The van der Waals surface area contributed by atoms with Gasteiger partial charge >= 0.3 is 0 Å². The van der Waals surface area contributed by atoms with Crippen LogP contribution in [0.15, 0.2) is 75.6 Å². The van der Waals surface area contributed by atoms with Crippen LogP contribution in [-0.2, 0) is 21.2 Å². The maximum Gasteiger partial charge on any atom is 0.262 e. The van der Waals surface area contributed by atoms with E-state index in [1.54, 1.807) is 42.8 Å². The van der Waals surface area contributed by atoms with Crippen LogP contribution in [0.5, 0.6) is 0 Å². The summed E-state index contributed by atoms with van der Waals surface area (Å²) in [4.78, 5) is 16.8. The Morgan fingerprint density at radius 1 is 1.16 bits per heavy atom. The lowest BCUT2D eigenvalue weighted by molar-refractivity contribution is -0.115. The molecule has 32 heavy (non-hydrogen) atoms. The zero-order valence-corrected chi connectivity index (χ0v) is 18.5. The van der Waals surface area contributed by atoms with Gasteiger partial charge in [0.2, 0.25) is 5.91 Å². The molecule has 10 heteroatoms. The van der Waals surface area contributed by atoms with Crippen LogP contribution in [0.25, 0.3) is 10.8 Å². The second-order valence-corrected chi connectivity index (χ2v) is 9.42. The zero-order valence-electron chi connectivity index (χ0n) is 16.8. The minimum atomic E-state index is -4.07. The molecule has 0 saturated carbocycles. The Labute approximate surface area is 188 Å². The van der Waals surface area contributed by atoms with Gasteiger partial charge in [0.1, 0.15) is 5.82 Å². The standard InChI is InChI=1S/C22H18FN3O4S2/c1-14-8-9-15(11-20(14)32(28,29)26-18-6-3-2-5-17(18)23)24-21(27)12-16-13-31-22(25-16)19-7-4-10-30-19/h2-11,13,26H,12H2,1H3,(H,24,27). The van der Waals surface area contributed by atoms with Crippen molar-refractivity contribution in [2.75, 3.05) is 10.0 Å². The van der Waals surface area contributed by atoms with Crippen molar-refractivity contribution < 1.29 is 22.0 Å². The minimum Gasteiger partial charge on any atom is -0.462 e. The molecule has 0 unspecified atom stereocenters. The minimum absolute atomic E-state index is 0.0145. The van der Waals surface area contributed by atoms with Crippen LogP contribution >= 0.6 is 11.3 Å². The van der Waals surface area contributed by atoms with E-state index in [1.807, 2.05) is 0 Å². The van der Waals surface area contributed by atoms with Gasteiger partial charge in [0, 0.05) is 11.1 Å². The Morgan fingerprint density at radius 3 is 2.72 bits per heavy atom. The molecule has 0 saturated heterocycles. The number of rotatable bonds is 7. The molecule has 7 nitrogen and oxygen atoms in total. The van der Waals surface area contributed by atoms with Crippen molar-refractivity contribution in [3.63, 3.8) is 0 Å². The molecule has 0 aliphatic carbocycles. The Morgan fingerprint density at radius 2 is 1.97 bits per heavy atom. The number of aryl methyl sites for hydroxylation is 1. The summed E-state index contributed by atoms with van der Waals surface area (Å²) in [5, 5.41) is 5.12. The number of halogens is 1. The fraction of sp³-hybridized carbons (Fsp3) is 0.0909. The molecule has 4 aromatic rings. The first-order valence-corrected chi connectivity index (χ1v) is 11.8. The molecule has 0 spiro atoms. The Kier molecular flexibility index (Phi) is 6.06. The number of sulfonamides is 1. The van der Waals surface area contributed by atoms with E-state index in [-0.39, 0.29) is 22.9 Å². The van der Waals surface area contributed by atoms with Crippen LogP contribution in [0.4, 0.5) is 15.8 Å². The van der Waals surface area contributed by atoms with Gasteiger partial charge in [0.15, 0.2) is 10.8 Å². The van der Waals surface area contributed by atoms with E-state index in [0.717, 1.165) is 6.07 Å². The monoisotopic (exact) mass is 471 g/mol. The summed E-state index contributed by atoms with van der Waals surface area (Å²) in [6.07, 6.45) is 1.56. The molecule has 0 bridgehead atoms. The molecule has 164 valence electrons. The molecular weight excluding hydrogens is 453 g/mol.